The summed E-state index contributed by atoms with van der Waals surface area (Å²) in [5.41, 5.74) is 0. The van der Waals surface area contributed by atoms with E-state index in [0.717, 1.165) is 5.75 Å². The second-order valence-corrected chi connectivity index (χ2v) is 4.02. The molecule has 0 fully saturated rings. The quantitative estimate of drug-likeness (QED) is 0.696. The van der Waals surface area contributed by atoms with Crippen LogP contribution in [0.25, 0.3) is 10.8 Å². The van der Waals surface area contributed by atoms with E-state index in [2.05, 4.69) is 30.1 Å². The largest absolute Gasteiger partial charge is 0.366 e. The van der Waals surface area contributed by atoms with Crippen LogP contribution < -0.4 is 0 Å². The lowest BCUT2D eigenvalue weighted by Gasteiger charge is -1.96. The maximum atomic E-state index is 3.10. The van der Waals surface area contributed by atoms with Gasteiger partial charge in [-0.2, -0.15) is 0 Å². The van der Waals surface area contributed by atoms with Crippen LogP contribution in [0.5, 0.6) is 0 Å². The topological polar surface area (TPSA) is 15.8 Å². The van der Waals surface area contributed by atoms with Gasteiger partial charge in [0, 0.05) is 22.7 Å². The second kappa shape index (κ2) is 3.23. The van der Waals surface area contributed by atoms with E-state index in [0.29, 0.717) is 0 Å². The number of rotatable bonds is 2. The van der Waals surface area contributed by atoms with Gasteiger partial charge < -0.3 is 4.98 Å². The summed E-state index contributed by atoms with van der Waals surface area (Å²) in [7, 11) is 0. The molecule has 62 valence electrons. The molecule has 0 saturated carbocycles. The van der Waals surface area contributed by atoms with Crippen molar-refractivity contribution in [3.05, 3.63) is 30.6 Å². The summed E-state index contributed by atoms with van der Waals surface area (Å²) < 4.78 is 0. The first-order valence-electron chi connectivity index (χ1n) is 4.09. The van der Waals surface area contributed by atoms with E-state index in [1.807, 2.05) is 24.2 Å². The molecule has 0 spiro atoms. The highest BCUT2D eigenvalue weighted by atomic mass is 32.2. The predicted octanol–water partition coefficient (Wildman–Crippen LogP) is 3.28. The lowest BCUT2D eigenvalue weighted by atomic mass is 10.2. The molecule has 1 N–H and O–H groups in total. The van der Waals surface area contributed by atoms with Gasteiger partial charge in [-0.1, -0.05) is 13.0 Å². The molecular weight excluding hydrogens is 166 g/mol. The van der Waals surface area contributed by atoms with E-state index in [1.54, 1.807) is 0 Å². The summed E-state index contributed by atoms with van der Waals surface area (Å²) in [4.78, 5) is 4.45. The number of benzene rings is 1. The standard InChI is InChI=1S/C10H11NS/c1-2-12-10-4-3-8-6-11-7-9(8)5-10/h3-7,11H,2H2,1H3. The minimum atomic E-state index is 1.13. The minimum absolute atomic E-state index is 1.13. The Kier molecular flexibility index (Phi) is 2.09. The monoisotopic (exact) mass is 177 g/mol. The number of H-pyrrole nitrogens is 1. The lowest BCUT2D eigenvalue weighted by molar-refractivity contribution is 1.43. The predicted molar refractivity (Wildman–Crippen MR) is 54.7 cm³/mol. The van der Waals surface area contributed by atoms with Crippen molar-refractivity contribution in [3.8, 4) is 0 Å². The van der Waals surface area contributed by atoms with Gasteiger partial charge in [-0.15, -0.1) is 11.8 Å². The molecule has 2 aromatic rings. The molecule has 1 nitrogen and oxygen atoms in total. The zero-order valence-electron chi connectivity index (χ0n) is 7.00. The third kappa shape index (κ3) is 1.34. The smallest absolute Gasteiger partial charge is 0.00847 e. The molecule has 0 amide bonds. The fourth-order valence-corrected chi connectivity index (χ4v) is 1.99. The minimum Gasteiger partial charge on any atom is -0.366 e. The average molecular weight is 177 g/mol. The molecule has 2 heteroatoms. The summed E-state index contributed by atoms with van der Waals surface area (Å²) in [6.07, 6.45) is 4.06. The first-order chi connectivity index (χ1) is 5.90. The van der Waals surface area contributed by atoms with Crippen molar-refractivity contribution in [2.75, 3.05) is 5.75 Å². The Labute approximate surface area is 76.2 Å². The molecule has 0 aliphatic carbocycles. The Bertz CT molecular complexity index is 378. The fourth-order valence-electron chi connectivity index (χ4n) is 1.29. The summed E-state index contributed by atoms with van der Waals surface area (Å²) >= 11 is 1.88. The van der Waals surface area contributed by atoms with Crippen LogP contribution in [0.1, 0.15) is 6.92 Å². The van der Waals surface area contributed by atoms with Crippen molar-refractivity contribution >= 4 is 22.5 Å². The van der Waals surface area contributed by atoms with Gasteiger partial charge in [-0.3, -0.25) is 0 Å². The Balaban J connectivity index is 2.46. The molecule has 1 aromatic heterocycles. The van der Waals surface area contributed by atoms with Gasteiger partial charge in [0.2, 0.25) is 0 Å². The van der Waals surface area contributed by atoms with E-state index in [-0.39, 0.29) is 0 Å². The van der Waals surface area contributed by atoms with Crippen molar-refractivity contribution in [1.82, 2.24) is 4.98 Å². The van der Waals surface area contributed by atoms with Gasteiger partial charge in [0.25, 0.3) is 0 Å². The lowest BCUT2D eigenvalue weighted by Crippen LogP contribution is -1.71. The maximum absolute atomic E-state index is 3.10. The molecule has 1 aromatic carbocycles. The maximum Gasteiger partial charge on any atom is 0.00847 e. The van der Waals surface area contributed by atoms with Gasteiger partial charge in [0.05, 0.1) is 0 Å². The zero-order valence-corrected chi connectivity index (χ0v) is 7.82. The molecule has 0 bridgehead atoms. The fraction of sp³-hybridized carbons (Fsp3) is 0.200. The van der Waals surface area contributed by atoms with E-state index in [9.17, 15) is 0 Å². The summed E-state index contributed by atoms with van der Waals surface area (Å²) in [5.74, 6) is 1.13. The number of hydrogen-bond donors (Lipinski definition) is 1. The van der Waals surface area contributed by atoms with Gasteiger partial charge >= 0.3 is 0 Å². The average Bonchev–Trinajstić information content (AvgIpc) is 2.51. The highest BCUT2D eigenvalue weighted by Gasteiger charge is 1.95. The van der Waals surface area contributed by atoms with Crippen molar-refractivity contribution in [2.45, 2.75) is 11.8 Å². The molecule has 12 heavy (non-hydrogen) atoms. The van der Waals surface area contributed by atoms with Crippen LogP contribution in [0.4, 0.5) is 0 Å². The first kappa shape index (κ1) is 7.74. The number of nitrogens with one attached hydrogen (secondary N) is 1. The highest BCUT2D eigenvalue weighted by Crippen LogP contribution is 2.22. The van der Waals surface area contributed by atoms with Gasteiger partial charge in [0.1, 0.15) is 0 Å². The molecular formula is C10H11NS. The number of fused-ring (bicyclic) bond motifs is 1. The SMILES string of the molecule is CCSc1ccc2c[nH]cc2c1. The first-order valence-corrected chi connectivity index (χ1v) is 5.08. The van der Waals surface area contributed by atoms with Crippen LogP contribution in [-0.4, -0.2) is 10.7 Å². The number of aromatic nitrogens is 1. The second-order valence-electron chi connectivity index (χ2n) is 2.68. The van der Waals surface area contributed by atoms with Gasteiger partial charge in [-0.05, 0) is 23.3 Å². The molecule has 0 radical (unpaired) electrons. The Hall–Kier alpha value is -0.890. The van der Waals surface area contributed by atoms with E-state index in [4.69, 9.17) is 0 Å². The molecule has 0 unspecified atom stereocenters. The summed E-state index contributed by atoms with van der Waals surface area (Å²) in [6, 6.07) is 6.55. The Morgan fingerprint density at radius 3 is 2.92 bits per heavy atom. The Morgan fingerprint density at radius 1 is 1.25 bits per heavy atom. The van der Waals surface area contributed by atoms with Crippen molar-refractivity contribution < 1.29 is 0 Å². The molecule has 0 aliphatic rings. The van der Waals surface area contributed by atoms with Crippen molar-refractivity contribution in [2.24, 2.45) is 0 Å². The van der Waals surface area contributed by atoms with Crippen LogP contribution in [0.2, 0.25) is 0 Å². The number of aromatic amines is 1. The van der Waals surface area contributed by atoms with E-state index in [1.165, 1.54) is 15.7 Å². The molecule has 2 rings (SSSR count). The third-order valence-electron chi connectivity index (χ3n) is 1.85. The number of hydrogen-bond acceptors (Lipinski definition) is 1. The van der Waals surface area contributed by atoms with Crippen molar-refractivity contribution in [1.29, 1.82) is 0 Å². The van der Waals surface area contributed by atoms with Crippen LogP contribution in [0.15, 0.2) is 35.5 Å². The molecule has 0 aliphatic heterocycles. The van der Waals surface area contributed by atoms with Crippen molar-refractivity contribution in [3.63, 3.8) is 0 Å². The molecule has 0 saturated heterocycles. The highest BCUT2D eigenvalue weighted by molar-refractivity contribution is 7.99. The third-order valence-corrected chi connectivity index (χ3v) is 2.72. The molecule has 0 atom stereocenters. The van der Waals surface area contributed by atoms with Gasteiger partial charge in [0.15, 0.2) is 0 Å². The van der Waals surface area contributed by atoms with E-state index >= 15 is 0 Å². The van der Waals surface area contributed by atoms with Crippen LogP contribution in [0, 0.1) is 0 Å². The zero-order chi connectivity index (χ0) is 8.39. The van der Waals surface area contributed by atoms with Crippen LogP contribution in [-0.2, 0) is 0 Å². The van der Waals surface area contributed by atoms with E-state index < -0.39 is 0 Å². The van der Waals surface area contributed by atoms with Crippen LogP contribution in [0.3, 0.4) is 0 Å². The normalized spacial score (nSPS) is 10.8. The summed E-state index contributed by atoms with van der Waals surface area (Å²) in [6.45, 7) is 2.17. The molecule has 1 heterocycles. The summed E-state index contributed by atoms with van der Waals surface area (Å²) in [5, 5.41) is 2.59. The van der Waals surface area contributed by atoms with Gasteiger partial charge in [-0.25, -0.2) is 0 Å². The van der Waals surface area contributed by atoms with Crippen LogP contribution >= 0.6 is 11.8 Å². The number of thioether (sulfide) groups is 1. The Morgan fingerprint density at radius 2 is 2.08 bits per heavy atom.